The highest BCUT2D eigenvalue weighted by molar-refractivity contribution is 7.09. The molecule has 20 heavy (non-hydrogen) atoms. The number of thiazole rings is 1. The lowest BCUT2D eigenvalue weighted by atomic mass is 10.1. The molecule has 102 valence electrons. The number of aryl methyl sites for hydroxylation is 2. The Morgan fingerprint density at radius 1 is 1.40 bits per heavy atom. The van der Waals surface area contributed by atoms with Gasteiger partial charge >= 0.3 is 0 Å². The molecule has 3 nitrogen and oxygen atoms in total. The zero-order valence-electron chi connectivity index (χ0n) is 11.1. The molecule has 0 N–H and O–H groups in total. The van der Waals surface area contributed by atoms with E-state index in [2.05, 4.69) is 4.98 Å². The summed E-state index contributed by atoms with van der Waals surface area (Å²) in [6.07, 6.45) is 0.210. The van der Waals surface area contributed by atoms with E-state index in [0.29, 0.717) is 22.3 Å². The maximum absolute atomic E-state index is 13.2. The van der Waals surface area contributed by atoms with E-state index in [1.807, 2.05) is 12.3 Å². The Balaban J connectivity index is 1.97. The summed E-state index contributed by atoms with van der Waals surface area (Å²) >= 11 is 1.45. The number of aromatic nitrogens is 1. The van der Waals surface area contributed by atoms with Crippen LogP contribution in [0.1, 0.15) is 26.8 Å². The third kappa shape index (κ3) is 2.25. The average Bonchev–Trinajstić information content (AvgIpc) is 2.94. The summed E-state index contributed by atoms with van der Waals surface area (Å²) in [5.74, 6) is -0.178. The molecule has 0 amide bonds. The van der Waals surface area contributed by atoms with Gasteiger partial charge in [-0.2, -0.15) is 0 Å². The zero-order chi connectivity index (χ0) is 14.3. The second-order valence-corrected chi connectivity index (χ2v) is 5.62. The Labute approximate surface area is 119 Å². The predicted octanol–water partition coefficient (Wildman–Crippen LogP) is 4.07. The number of Topliss-reactive ketones (excluding diaryl/α,β-unsaturated/α-hetero) is 1. The molecule has 0 spiro atoms. The third-order valence-corrected chi connectivity index (χ3v) is 4.10. The van der Waals surface area contributed by atoms with Crippen LogP contribution in [-0.4, -0.2) is 10.8 Å². The van der Waals surface area contributed by atoms with E-state index in [9.17, 15) is 9.18 Å². The van der Waals surface area contributed by atoms with Crippen LogP contribution in [0.25, 0.3) is 11.0 Å². The van der Waals surface area contributed by atoms with E-state index in [1.54, 1.807) is 13.0 Å². The van der Waals surface area contributed by atoms with Gasteiger partial charge in [0, 0.05) is 22.0 Å². The van der Waals surface area contributed by atoms with E-state index in [1.165, 1.54) is 23.5 Å². The summed E-state index contributed by atoms with van der Waals surface area (Å²) in [7, 11) is 0. The molecule has 2 aromatic heterocycles. The highest BCUT2D eigenvalue weighted by atomic mass is 32.1. The monoisotopic (exact) mass is 289 g/mol. The van der Waals surface area contributed by atoms with Crippen molar-refractivity contribution in [1.29, 1.82) is 0 Å². The van der Waals surface area contributed by atoms with Gasteiger partial charge in [0.25, 0.3) is 0 Å². The first-order valence-electron chi connectivity index (χ1n) is 6.17. The molecule has 0 saturated carbocycles. The van der Waals surface area contributed by atoms with Gasteiger partial charge in [0.15, 0.2) is 5.76 Å². The summed E-state index contributed by atoms with van der Waals surface area (Å²) in [6.45, 7) is 3.66. The molecule has 3 rings (SSSR count). The molecule has 0 aliphatic rings. The van der Waals surface area contributed by atoms with Crippen LogP contribution in [0.5, 0.6) is 0 Å². The fourth-order valence-corrected chi connectivity index (χ4v) is 2.93. The molecule has 2 heterocycles. The minimum absolute atomic E-state index is 0.131. The molecule has 0 unspecified atom stereocenters. The lowest BCUT2D eigenvalue weighted by Gasteiger charge is -1.95. The number of ketones is 1. The maximum Gasteiger partial charge on any atom is 0.205 e. The summed E-state index contributed by atoms with van der Waals surface area (Å²) in [4.78, 5) is 16.5. The van der Waals surface area contributed by atoms with Gasteiger partial charge in [0.2, 0.25) is 5.78 Å². The lowest BCUT2D eigenvalue weighted by molar-refractivity contribution is 0.0967. The molecular weight excluding hydrogens is 277 g/mol. The highest BCUT2D eigenvalue weighted by Gasteiger charge is 2.19. The maximum atomic E-state index is 13.2. The molecule has 0 saturated heterocycles. The Bertz CT molecular complexity index is 803. The van der Waals surface area contributed by atoms with Crippen molar-refractivity contribution < 1.29 is 13.6 Å². The van der Waals surface area contributed by atoms with Crippen LogP contribution in [-0.2, 0) is 6.42 Å². The second-order valence-electron chi connectivity index (χ2n) is 4.68. The number of halogens is 1. The molecule has 0 radical (unpaired) electrons. The van der Waals surface area contributed by atoms with Crippen molar-refractivity contribution in [2.75, 3.05) is 0 Å². The first-order valence-corrected chi connectivity index (χ1v) is 7.05. The quantitative estimate of drug-likeness (QED) is 0.683. The Kier molecular flexibility index (Phi) is 3.14. The minimum Gasteiger partial charge on any atom is -0.453 e. The SMILES string of the molecule is Cc1csc(CC(=O)c2oc3ccc(F)cc3c2C)n1. The number of carbonyl (C=O) groups is 1. The predicted molar refractivity (Wildman–Crippen MR) is 75.8 cm³/mol. The van der Waals surface area contributed by atoms with Crippen molar-refractivity contribution in [2.45, 2.75) is 20.3 Å². The number of hydrogen-bond donors (Lipinski definition) is 0. The minimum atomic E-state index is -0.337. The molecule has 0 bridgehead atoms. The largest absolute Gasteiger partial charge is 0.453 e. The summed E-state index contributed by atoms with van der Waals surface area (Å²) in [6, 6.07) is 4.25. The van der Waals surface area contributed by atoms with Crippen LogP contribution >= 0.6 is 11.3 Å². The number of furan rings is 1. The van der Waals surface area contributed by atoms with Gasteiger partial charge in [0.1, 0.15) is 16.4 Å². The first kappa shape index (κ1) is 13.0. The lowest BCUT2D eigenvalue weighted by Crippen LogP contribution is -2.03. The van der Waals surface area contributed by atoms with E-state index >= 15 is 0 Å². The Morgan fingerprint density at radius 3 is 2.90 bits per heavy atom. The summed E-state index contributed by atoms with van der Waals surface area (Å²) < 4.78 is 18.8. The molecule has 3 aromatic rings. The normalized spacial score (nSPS) is 11.2. The fourth-order valence-electron chi connectivity index (χ4n) is 2.16. The molecule has 1 aromatic carbocycles. The van der Waals surface area contributed by atoms with Crippen LogP contribution < -0.4 is 0 Å². The molecule has 0 fully saturated rings. The van der Waals surface area contributed by atoms with Crippen molar-refractivity contribution in [3.8, 4) is 0 Å². The smallest absolute Gasteiger partial charge is 0.205 e. The average molecular weight is 289 g/mol. The molecule has 0 atom stereocenters. The standard InChI is InChI=1S/C15H12FNO2S/c1-8-7-20-14(17-8)6-12(18)15-9(2)11-5-10(16)3-4-13(11)19-15/h3-5,7H,6H2,1-2H3. The highest BCUT2D eigenvalue weighted by Crippen LogP contribution is 2.27. The van der Waals surface area contributed by atoms with Crippen molar-refractivity contribution in [2.24, 2.45) is 0 Å². The number of nitrogens with zero attached hydrogens (tertiary/aromatic N) is 1. The Hall–Kier alpha value is -2.01. The van der Waals surface area contributed by atoms with Crippen molar-refractivity contribution >= 4 is 28.1 Å². The summed E-state index contributed by atoms with van der Waals surface area (Å²) in [5, 5.41) is 3.31. The summed E-state index contributed by atoms with van der Waals surface area (Å²) in [5.41, 5.74) is 2.11. The van der Waals surface area contributed by atoms with Gasteiger partial charge in [-0.05, 0) is 32.0 Å². The topological polar surface area (TPSA) is 43.1 Å². The van der Waals surface area contributed by atoms with E-state index in [4.69, 9.17) is 4.42 Å². The fraction of sp³-hybridized carbons (Fsp3) is 0.200. The first-order chi connectivity index (χ1) is 9.54. The van der Waals surface area contributed by atoms with Crippen molar-refractivity contribution in [1.82, 2.24) is 4.98 Å². The van der Waals surface area contributed by atoms with Crippen LogP contribution in [0.2, 0.25) is 0 Å². The Morgan fingerprint density at radius 2 is 2.20 bits per heavy atom. The van der Waals surface area contributed by atoms with Gasteiger partial charge < -0.3 is 4.42 Å². The number of fused-ring (bicyclic) bond motifs is 1. The van der Waals surface area contributed by atoms with Crippen LogP contribution in [0.3, 0.4) is 0 Å². The molecule has 0 aliphatic carbocycles. The third-order valence-electron chi connectivity index (χ3n) is 3.13. The number of carbonyl (C=O) groups excluding carboxylic acids is 1. The van der Waals surface area contributed by atoms with E-state index < -0.39 is 0 Å². The number of hydrogen-bond acceptors (Lipinski definition) is 4. The van der Waals surface area contributed by atoms with E-state index in [0.717, 1.165) is 10.7 Å². The van der Waals surface area contributed by atoms with Crippen molar-refractivity contribution in [3.63, 3.8) is 0 Å². The van der Waals surface area contributed by atoms with Gasteiger partial charge in [-0.25, -0.2) is 9.37 Å². The van der Waals surface area contributed by atoms with Crippen LogP contribution in [0.15, 0.2) is 28.0 Å². The molecule has 0 aliphatic heterocycles. The van der Waals surface area contributed by atoms with Gasteiger partial charge in [-0.15, -0.1) is 11.3 Å². The zero-order valence-corrected chi connectivity index (χ0v) is 11.9. The molecule has 5 heteroatoms. The number of rotatable bonds is 3. The number of benzene rings is 1. The van der Waals surface area contributed by atoms with Crippen LogP contribution in [0, 0.1) is 19.7 Å². The van der Waals surface area contributed by atoms with E-state index in [-0.39, 0.29) is 18.0 Å². The van der Waals surface area contributed by atoms with Gasteiger partial charge in [-0.1, -0.05) is 0 Å². The van der Waals surface area contributed by atoms with Crippen LogP contribution in [0.4, 0.5) is 4.39 Å². The second kappa shape index (κ2) is 4.83. The van der Waals surface area contributed by atoms with Crippen molar-refractivity contribution in [3.05, 3.63) is 51.4 Å². The van der Waals surface area contributed by atoms with Gasteiger partial charge in [-0.3, -0.25) is 4.79 Å². The van der Waals surface area contributed by atoms with Gasteiger partial charge in [0.05, 0.1) is 6.42 Å². The molecular formula is C15H12FNO2S.